The lowest BCUT2D eigenvalue weighted by molar-refractivity contribution is -0.275. The molecule has 6 saturated carbocycles. The van der Waals surface area contributed by atoms with Gasteiger partial charge in [0.25, 0.3) is 0 Å². The van der Waals surface area contributed by atoms with Crippen LogP contribution in [0.2, 0.25) is 0 Å². The van der Waals surface area contributed by atoms with Crippen LogP contribution >= 0.6 is 22.7 Å². The number of aromatic nitrogens is 4. The monoisotopic (exact) mass is 1260 g/mol. The van der Waals surface area contributed by atoms with Crippen molar-refractivity contribution in [2.75, 3.05) is 17.2 Å². The van der Waals surface area contributed by atoms with Crippen molar-refractivity contribution in [2.45, 2.75) is 146 Å². The summed E-state index contributed by atoms with van der Waals surface area (Å²) >= 11 is 2.58. The number of halogens is 8. The molecule has 0 spiro atoms. The summed E-state index contributed by atoms with van der Waals surface area (Å²) < 4.78 is 134. The Hall–Kier alpha value is -7.42. The first-order chi connectivity index (χ1) is 42.3. The molecule has 6 aliphatic carbocycles. The third-order valence-electron chi connectivity index (χ3n) is 17.8. The molecule has 4 heterocycles. The van der Waals surface area contributed by atoms with Gasteiger partial charge in [-0.2, -0.15) is 0 Å². The molecule has 6 aliphatic rings. The fraction of sp³-hybridized carbons (Fsp3) is 0.452. The Balaban J connectivity index is 0.000000162. The number of thiazole rings is 2. The minimum atomic E-state index is -4.83. The van der Waals surface area contributed by atoms with Gasteiger partial charge in [0, 0.05) is 71.3 Å². The Kier molecular flexibility index (Phi) is 16.4. The van der Waals surface area contributed by atoms with Crippen LogP contribution in [0.15, 0.2) is 81.8 Å². The highest BCUT2D eigenvalue weighted by molar-refractivity contribution is 7.22. The van der Waals surface area contributed by atoms with E-state index in [2.05, 4.69) is 51.0 Å². The number of ether oxygens (including phenoxy) is 3. The second kappa shape index (κ2) is 24.2. The molecular formula is C62H60F8N8O8S2. The van der Waals surface area contributed by atoms with Gasteiger partial charge in [0.2, 0.25) is 0 Å². The number of carboxylic acid groups (broad SMARTS) is 1. The van der Waals surface area contributed by atoms with E-state index >= 15 is 0 Å². The number of carbonyl (C=O) groups is 2. The Labute approximate surface area is 506 Å². The van der Waals surface area contributed by atoms with E-state index in [-0.39, 0.29) is 87.4 Å². The van der Waals surface area contributed by atoms with E-state index in [1.54, 1.807) is 37.3 Å². The number of hydrogen-bond acceptors (Lipinski definition) is 17. The standard InChI is InChI=1S/C32H32F4N4O4S.C30H28F4N4O4S/c1-2-42-30(41)19-13-23(33)28-25(14-19)45-31(39-28)38-26-17-9-10-18(26)12-20(11-17)37-15-22-27(40-44-29(22)16-7-8-16)21-5-3-4-6-24(21)43-32(34,35)36;31-21-11-17(28(39)40)12-23-26(21)37-29(43-23)36-24-15-7-8-16(24)10-18(9-15)35-13-20-25(38-42-27(20)14-5-6-14)19-3-1-2-4-22(19)41-30(32,33)34/h3-6,13-14,16-18,20,26,37H,2,7-12,15H2,1H3,(H,38,39);1-4,11-12,14-16,18,24,35H,5-10,13H2,(H,36,37)(H,39,40). The van der Waals surface area contributed by atoms with Crippen molar-refractivity contribution in [1.82, 2.24) is 30.9 Å². The van der Waals surface area contributed by atoms with E-state index < -0.39 is 36.3 Å². The zero-order valence-corrected chi connectivity index (χ0v) is 48.9. The van der Waals surface area contributed by atoms with Crippen LogP contribution in [-0.2, 0) is 17.8 Å². The number of fused-ring (bicyclic) bond motifs is 6. The average Bonchev–Trinajstić information content (AvgIpc) is 1.99. The first-order valence-electron chi connectivity index (χ1n) is 29.6. The smallest absolute Gasteiger partial charge is 0.478 e. The predicted octanol–water partition coefficient (Wildman–Crippen LogP) is 15.1. The Morgan fingerprint density at radius 3 is 1.41 bits per heavy atom. The summed E-state index contributed by atoms with van der Waals surface area (Å²) in [7, 11) is 0. The topological polar surface area (TPSA) is 208 Å². The number of nitrogens with zero attached hydrogens (tertiary/aromatic N) is 4. The fourth-order valence-electron chi connectivity index (χ4n) is 13.7. The van der Waals surface area contributed by atoms with E-state index in [0.717, 1.165) is 106 Å². The summed E-state index contributed by atoms with van der Waals surface area (Å²) in [5.41, 5.74) is 3.23. The molecule has 26 heteroatoms. The van der Waals surface area contributed by atoms with Crippen LogP contribution in [0, 0.1) is 35.3 Å². The molecule has 4 atom stereocenters. The second-order valence-corrected chi connectivity index (χ2v) is 25.8. The van der Waals surface area contributed by atoms with Crippen LogP contribution in [0.1, 0.15) is 139 Å². The quantitative estimate of drug-likeness (QED) is 0.0377. The van der Waals surface area contributed by atoms with E-state index in [0.29, 0.717) is 67.8 Å². The van der Waals surface area contributed by atoms with E-state index in [1.165, 1.54) is 59.1 Å². The number of para-hydroxylation sites is 2. The van der Waals surface area contributed by atoms with Crippen molar-refractivity contribution >= 4 is 65.3 Å². The summed E-state index contributed by atoms with van der Waals surface area (Å²) in [6.07, 6.45) is 1.97. The normalized spacial score (nSPS) is 23.2. The van der Waals surface area contributed by atoms with Gasteiger partial charge in [0.1, 0.15) is 45.4 Å². The van der Waals surface area contributed by atoms with Crippen molar-refractivity contribution < 1.29 is 73.1 Å². The molecule has 0 saturated heterocycles. The number of anilines is 2. The Bertz CT molecular complexity index is 3870. The first kappa shape index (κ1) is 59.5. The van der Waals surface area contributed by atoms with E-state index in [4.69, 9.17) is 13.8 Å². The minimum absolute atomic E-state index is 0.107. The molecule has 16 nitrogen and oxygen atoms in total. The molecule has 464 valence electrons. The van der Waals surface area contributed by atoms with Crippen molar-refractivity contribution in [1.29, 1.82) is 0 Å². The summed E-state index contributed by atoms with van der Waals surface area (Å²) in [6.45, 7) is 2.75. The highest BCUT2D eigenvalue weighted by atomic mass is 32.1. The van der Waals surface area contributed by atoms with Gasteiger partial charge in [-0.25, -0.2) is 28.3 Å². The third kappa shape index (κ3) is 12.9. The SMILES string of the molecule is CCOC(=O)c1cc(F)c2nc(NC3C4CCC3CC(NCc3c(-c5ccccc5OC(F)(F)F)noc3C3CC3)C4)sc2c1.O=C(O)c1cc(F)c2nc(NC3C4CCC3CC(NCc3c(-c5ccccc5OC(F)(F)F)noc3C3CC3)C4)sc2c1. The fourth-order valence-corrected chi connectivity index (χ4v) is 15.6. The van der Waals surface area contributed by atoms with Gasteiger partial charge in [-0.05, 0) is 156 Å². The summed E-state index contributed by atoms with van der Waals surface area (Å²) in [5.74, 6) is -0.229. The van der Waals surface area contributed by atoms with Crippen LogP contribution in [0.5, 0.6) is 11.5 Å². The molecule has 6 fully saturated rings. The number of hydrogen-bond donors (Lipinski definition) is 5. The van der Waals surface area contributed by atoms with Crippen LogP contribution in [0.25, 0.3) is 42.9 Å². The number of esters is 1. The number of rotatable bonds is 19. The summed E-state index contributed by atoms with van der Waals surface area (Å²) in [4.78, 5) is 32.4. The highest BCUT2D eigenvalue weighted by Crippen LogP contribution is 2.50. The molecule has 4 aromatic heterocycles. The van der Waals surface area contributed by atoms with Gasteiger partial charge >= 0.3 is 24.7 Å². The largest absolute Gasteiger partial charge is 0.573 e. The molecule has 4 bridgehead atoms. The molecule has 0 aliphatic heterocycles. The maximum atomic E-state index is 14.8. The van der Waals surface area contributed by atoms with Crippen LogP contribution in [-0.4, -0.2) is 80.8 Å². The molecule has 0 radical (unpaired) electrons. The van der Waals surface area contributed by atoms with Crippen molar-refractivity contribution in [3.63, 3.8) is 0 Å². The zero-order chi connectivity index (χ0) is 61.2. The number of nitrogens with one attached hydrogen (secondary N) is 4. The Morgan fingerprint density at radius 1 is 0.602 bits per heavy atom. The van der Waals surface area contributed by atoms with Gasteiger partial charge in [-0.1, -0.05) is 57.3 Å². The second-order valence-electron chi connectivity index (χ2n) is 23.7. The van der Waals surface area contributed by atoms with Crippen LogP contribution in [0.3, 0.4) is 0 Å². The number of alkyl halides is 6. The van der Waals surface area contributed by atoms with Crippen molar-refractivity contribution in [3.8, 4) is 34.0 Å². The molecule has 4 unspecified atom stereocenters. The lowest BCUT2D eigenvalue weighted by Crippen LogP contribution is -2.44. The van der Waals surface area contributed by atoms with Gasteiger partial charge < -0.3 is 49.6 Å². The molecule has 88 heavy (non-hydrogen) atoms. The molecular weight excluding hydrogens is 1200 g/mol. The lowest BCUT2D eigenvalue weighted by atomic mass is 9.81. The Morgan fingerprint density at radius 2 is 1.01 bits per heavy atom. The van der Waals surface area contributed by atoms with E-state index in [9.17, 15) is 49.8 Å². The van der Waals surface area contributed by atoms with Crippen LogP contribution < -0.4 is 30.7 Å². The van der Waals surface area contributed by atoms with Gasteiger partial charge in [0.15, 0.2) is 21.9 Å². The van der Waals surface area contributed by atoms with Crippen LogP contribution in [0.4, 0.5) is 45.4 Å². The molecule has 5 N–H and O–H groups in total. The predicted molar refractivity (Wildman–Crippen MR) is 310 cm³/mol. The highest BCUT2D eigenvalue weighted by Gasteiger charge is 2.46. The lowest BCUT2D eigenvalue weighted by Gasteiger charge is -2.36. The number of benzene rings is 4. The number of aromatic carboxylic acids is 1. The first-order valence-corrected chi connectivity index (χ1v) is 31.2. The molecule has 0 amide bonds. The van der Waals surface area contributed by atoms with Crippen molar-refractivity contribution in [3.05, 3.63) is 118 Å². The third-order valence-corrected chi connectivity index (χ3v) is 19.7. The summed E-state index contributed by atoms with van der Waals surface area (Å²) in [6, 6.07) is 18.0. The minimum Gasteiger partial charge on any atom is -0.478 e. The summed E-state index contributed by atoms with van der Waals surface area (Å²) in [5, 5.41) is 33.3. The number of carbonyl (C=O) groups excluding carboxylic acids is 1. The number of carboxylic acids is 1. The molecule has 4 aromatic carbocycles. The van der Waals surface area contributed by atoms with Gasteiger partial charge in [-0.3, -0.25) is 0 Å². The van der Waals surface area contributed by atoms with Crippen molar-refractivity contribution in [2.24, 2.45) is 23.7 Å². The van der Waals surface area contributed by atoms with E-state index in [1.807, 2.05) is 0 Å². The maximum absolute atomic E-state index is 14.8. The molecule has 14 rings (SSSR count). The maximum Gasteiger partial charge on any atom is 0.573 e. The zero-order valence-electron chi connectivity index (χ0n) is 47.2. The average molecular weight is 1260 g/mol. The molecule has 8 aromatic rings. The van der Waals surface area contributed by atoms with Gasteiger partial charge in [-0.15, -0.1) is 26.3 Å². The van der Waals surface area contributed by atoms with Gasteiger partial charge in [0.05, 0.1) is 27.1 Å².